The molecule has 7 heteroatoms. The number of amides is 1. The molecule has 0 fully saturated rings. The quantitative estimate of drug-likeness (QED) is 0.477. The van der Waals surface area contributed by atoms with Gasteiger partial charge in [0.2, 0.25) is 0 Å². The number of carbonyl (C=O) groups is 1. The molecule has 0 spiro atoms. The van der Waals surface area contributed by atoms with Gasteiger partial charge in [0.05, 0.1) is 22.3 Å². The van der Waals surface area contributed by atoms with E-state index in [1.807, 2.05) is 13.8 Å². The Labute approximate surface area is 187 Å². The van der Waals surface area contributed by atoms with E-state index >= 15 is 0 Å². The SMILES string of the molecule is CC(C)COc1ccc(NC(=O)c2cccc(CS(=O)(=O)c3ccccc3)c2)cc1Cl. The molecule has 0 atom stereocenters. The van der Waals surface area contributed by atoms with Crippen molar-refractivity contribution in [2.24, 2.45) is 5.92 Å². The monoisotopic (exact) mass is 457 g/mol. The largest absolute Gasteiger partial charge is 0.492 e. The first kappa shape index (κ1) is 22.8. The fourth-order valence-corrected chi connectivity index (χ4v) is 4.48. The van der Waals surface area contributed by atoms with Crippen LogP contribution in [0.5, 0.6) is 5.75 Å². The normalized spacial score (nSPS) is 11.4. The molecule has 0 unspecified atom stereocenters. The van der Waals surface area contributed by atoms with Crippen LogP contribution in [0.2, 0.25) is 5.02 Å². The maximum absolute atomic E-state index is 12.7. The second-order valence-electron chi connectivity index (χ2n) is 7.58. The molecule has 0 bridgehead atoms. The number of carbonyl (C=O) groups excluding carboxylic acids is 1. The minimum absolute atomic E-state index is 0.189. The third kappa shape index (κ3) is 6.32. The van der Waals surface area contributed by atoms with E-state index in [0.717, 1.165) is 0 Å². The second-order valence-corrected chi connectivity index (χ2v) is 9.97. The average molecular weight is 458 g/mol. The summed E-state index contributed by atoms with van der Waals surface area (Å²) in [4.78, 5) is 12.9. The van der Waals surface area contributed by atoms with Crippen LogP contribution in [0.15, 0.2) is 77.7 Å². The highest BCUT2D eigenvalue weighted by molar-refractivity contribution is 7.90. The molecule has 1 amide bonds. The summed E-state index contributed by atoms with van der Waals surface area (Å²) in [6.07, 6.45) is 0. The highest BCUT2D eigenvalue weighted by atomic mass is 35.5. The number of benzene rings is 3. The third-order valence-corrected chi connectivity index (χ3v) is 6.41. The van der Waals surface area contributed by atoms with E-state index in [9.17, 15) is 13.2 Å². The summed E-state index contributed by atoms with van der Waals surface area (Å²) in [7, 11) is -3.50. The summed E-state index contributed by atoms with van der Waals surface area (Å²) in [6.45, 7) is 4.63. The number of anilines is 1. The molecule has 31 heavy (non-hydrogen) atoms. The van der Waals surface area contributed by atoms with Crippen LogP contribution < -0.4 is 10.1 Å². The first-order valence-corrected chi connectivity index (χ1v) is 11.9. The lowest BCUT2D eigenvalue weighted by atomic mass is 10.1. The maximum atomic E-state index is 12.7. The molecule has 162 valence electrons. The predicted octanol–water partition coefficient (Wildman–Crippen LogP) is 5.60. The summed E-state index contributed by atoms with van der Waals surface area (Å²) in [5, 5.41) is 3.19. The predicted molar refractivity (Wildman–Crippen MR) is 124 cm³/mol. The van der Waals surface area contributed by atoms with Crippen molar-refractivity contribution < 1.29 is 17.9 Å². The highest BCUT2D eigenvalue weighted by Crippen LogP contribution is 2.28. The molecule has 0 saturated carbocycles. The zero-order valence-electron chi connectivity index (χ0n) is 17.3. The first-order valence-electron chi connectivity index (χ1n) is 9.85. The van der Waals surface area contributed by atoms with Crippen LogP contribution in [0.1, 0.15) is 29.8 Å². The maximum Gasteiger partial charge on any atom is 0.255 e. The van der Waals surface area contributed by atoms with E-state index in [0.29, 0.717) is 40.1 Å². The fraction of sp³-hybridized carbons (Fsp3) is 0.208. The molecule has 3 aromatic rings. The summed E-state index contributed by atoms with van der Waals surface area (Å²) < 4.78 is 30.9. The van der Waals surface area contributed by atoms with Gasteiger partial charge in [0, 0.05) is 11.3 Å². The average Bonchev–Trinajstić information content (AvgIpc) is 2.73. The summed E-state index contributed by atoms with van der Waals surface area (Å²) in [6, 6.07) is 19.9. The number of hydrogen-bond donors (Lipinski definition) is 1. The van der Waals surface area contributed by atoms with Crippen LogP contribution in [0, 0.1) is 5.92 Å². The zero-order chi connectivity index (χ0) is 22.4. The molecule has 0 aromatic heterocycles. The first-order chi connectivity index (χ1) is 14.7. The van der Waals surface area contributed by atoms with E-state index in [1.54, 1.807) is 72.8 Å². The van der Waals surface area contributed by atoms with Gasteiger partial charge in [0.1, 0.15) is 5.75 Å². The number of sulfone groups is 1. The van der Waals surface area contributed by atoms with Crippen molar-refractivity contribution in [1.82, 2.24) is 0 Å². The number of ether oxygens (including phenoxy) is 1. The molecule has 0 aliphatic rings. The highest BCUT2D eigenvalue weighted by Gasteiger charge is 2.16. The summed E-state index contributed by atoms with van der Waals surface area (Å²) >= 11 is 6.26. The van der Waals surface area contributed by atoms with Gasteiger partial charge >= 0.3 is 0 Å². The van der Waals surface area contributed by atoms with Crippen LogP contribution in [0.25, 0.3) is 0 Å². The van der Waals surface area contributed by atoms with E-state index in [4.69, 9.17) is 16.3 Å². The minimum Gasteiger partial charge on any atom is -0.492 e. The minimum atomic E-state index is -3.50. The van der Waals surface area contributed by atoms with Gasteiger partial charge in [0.15, 0.2) is 9.84 Å². The van der Waals surface area contributed by atoms with Gasteiger partial charge in [-0.15, -0.1) is 0 Å². The van der Waals surface area contributed by atoms with Gasteiger partial charge in [-0.2, -0.15) is 0 Å². The zero-order valence-corrected chi connectivity index (χ0v) is 18.9. The molecular formula is C24H24ClNO4S. The van der Waals surface area contributed by atoms with Crippen LogP contribution >= 0.6 is 11.6 Å². The van der Waals surface area contributed by atoms with Gasteiger partial charge in [-0.1, -0.05) is 55.8 Å². The van der Waals surface area contributed by atoms with Crippen molar-refractivity contribution in [3.8, 4) is 5.75 Å². The van der Waals surface area contributed by atoms with Crippen molar-refractivity contribution in [3.05, 3.63) is 88.9 Å². The Balaban J connectivity index is 1.71. The van der Waals surface area contributed by atoms with E-state index < -0.39 is 9.84 Å². The van der Waals surface area contributed by atoms with Crippen LogP contribution in [0.4, 0.5) is 5.69 Å². The number of nitrogens with one attached hydrogen (secondary N) is 1. The molecule has 0 saturated heterocycles. The molecule has 0 heterocycles. The van der Waals surface area contributed by atoms with Crippen LogP contribution in [-0.4, -0.2) is 20.9 Å². The van der Waals surface area contributed by atoms with Crippen molar-refractivity contribution in [2.45, 2.75) is 24.5 Å². The lowest BCUT2D eigenvalue weighted by molar-refractivity contribution is 0.102. The van der Waals surface area contributed by atoms with Crippen LogP contribution in [0.3, 0.4) is 0 Å². The number of hydrogen-bond acceptors (Lipinski definition) is 4. The van der Waals surface area contributed by atoms with Crippen LogP contribution in [-0.2, 0) is 15.6 Å². The van der Waals surface area contributed by atoms with Crippen molar-refractivity contribution in [1.29, 1.82) is 0 Å². The molecule has 0 aliphatic heterocycles. The van der Waals surface area contributed by atoms with E-state index in [2.05, 4.69) is 5.32 Å². The molecule has 0 aliphatic carbocycles. The lowest BCUT2D eigenvalue weighted by Crippen LogP contribution is -2.13. The summed E-state index contributed by atoms with van der Waals surface area (Å²) in [5.74, 6) is 0.382. The Bertz CT molecular complexity index is 1160. The van der Waals surface area contributed by atoms with Crippen molar-refractivity contribution in [3.63, 3.8) is 0 Å². The van der Waals surface area contributed by atoms with Crippen molar-refractivity contribution >= 4 is 33.0 Å². The van der Waals surface area contributed by atoms with Gasteiger partial charge in [-0.3, -0.25) is 4.79 Å². The molecule has 0 radical (unpaired) electrons. The number of rotatable bonds is 8. The molecule has 5 nitrogen and oxygen atoms in total. The molecule has 1 N–H and O–H groups in total. The molecule has 3 aromatic carbocycles. The Kier molecular flexibility index (Phi) is 7.36. The second kappa shape index (κ2) is 9.98. The third-order valence-electron chi connectivity index (χ3n) is 4.41. The Morgan fingerprint density at radius 2 is 1.74 bits per heavy atom. The Hall–Kier alpha value is -2.83. The fourth-order valence-electron chi connectivity index (χ4n) is 2.89. The smallest absolute Gasteiger partial charge is 0.255 e. The van der Waals surface area contributed by atoms with E-state index in [-0.39, 0.29) is 16.6 Å². The summed E-state index contributed by atoms with van der Waals surface area (Å²) in [5.41, 5.74) is 1.41. The van der Waals surface area contributed by atoms with Gasteiger partial charge in [-0.05, 0) is 53.9 Å². The molecule has 3 rings (SSSR count). The Morgan fingerprint density at radius 3 is 2.42 bits per heavy atom. The standard InChI is InChI=1S/C24H24ClNO4S/c1-17(2)15-30-23-12-11-20(14-22(23)25)26-24(27)19-8-6-7-18(13-19)16-31(28,29)21-9-4-3-5-10-21/h3-14,17H,15-16H2,1-2H3,(H,26,27). The van der Waals surface area contributed by atoms with Gasteiger partial charge in [-0.25, -0.2) is 8.42 Å². The lowest BCUT2D eigenvalue weighted by Gasteiger charge is -2.12. The topological polar surface area (TPSA) is 72.5 Å². The van der Waals surface area contributed by atoms with Gasteiger partial charge < -0.3 is 10.1 Å². The molecular weight excluding hydrogens is 434 g/mol. The van der Waals surface area contributed by atoms with E-state index in [1.165, 1.54) is 0 Å². The number of halogens is 1. The van der Waals surface area contributed by atoms with Crippen molar-refractivity contribution in [2.75, 3.05) is 11.9 Å². The Morgan fingerprint density at radius 1 is 1.00 bits per heavy atom. The van der Waals surface area contributed by atoms with Gasteiger partial charge in [0.25, 0.3) is 5.91 Å².